The predicted molar refractivity (Wildman–Crippen MR) is 35.3 cm³/mol. The smallest absolute Gasteiger partial charge is 0.0340 e. The molecule has 0 fully saturated rings. The third-order valence-electron chi connectivity index (χ3n) is 1.21. The van der Waals surface area contributed by atoms with Gasteiger partial charge >= 0.3 is 0 Å². The molecule has 3 nitrogen and oxygen atoms in total. The molecule has 0 aliphatic heterocycles. The van der Waals surface area contributed by atoms with E-state index in [0.717, 1.165) is 0 Å². The number of hydrogen-bond acceptors (Lipinski definition) is 3. The lowest BCUT2D eigenvalue weighted by atomic mass is 9.97. The summed E-state index contributed by atoms with van der Waals surface area (Å²) in [7, 11) is 0. The Morgan fingerprint density at radius 2 is 1.88 bits per heavy atom. The fraction of sp³-hybridized carbons (Fsp3) is 1.00. The first-order chi connectivity index (χ1) is 3.48. The molecule has 0 amide bonds. The molecule has 0 aromatic rings. The zero-order valence-electron chi connectivity index (χ0n) is 5.52. The highest BCUT2D eigenvalue weighted by atomic mass is 14.9. The summed E-state index contributed by atoms with van der Waals surface area (Å²) in [5, 5.41) is 0. The average molecular weight is 117 g/mol. The van der Waals surface area contributed by atoms with Gasteiger partial charge in [-0.1, -0.05) is 0 Å². The van der Waals surface area contributed by atoms with Crippen molar-refractivity contribution >= 4 is 0 Å². The van der Waals surface area contributed by atoms with Gasteiger partial charge in [-0.3, -0.25) is 0 Å². The van der Waals surface area contributed by atoms with Crippen LogP contribution in [0.1, 0.15) is 13.8 Å². The van der Waals surface area contributed by atoms with Crippen LogP contribution < -0.4 is 17.2 Å². The van der Waals surface area contributed by atoms with E-state index in [1.807, 2.05) is 13.8 Å². The molecular formula is C5H15N3. The molecule has 6 N–H and O–H groups in total. The van der Waals surface area contributed by atoms with Crippen molar-refractivity contribution in [3.05, 3.63) is 0 Å². The van der Waals surface area contributed by atoms with Crippen molar-refractivity contribution in [2.45, 2.75) is 25.4 Å². The quantitative estimate of drug-likeness (QED) is 0.434. The fourth-order valence-electron chi connectivity index (χ4n) is 0.304. The minimum absolute atomic E-state index is 0.0949. The molecule has 0 bridgehead atoms. The Kier molecular flexibility index (Phi) is 2.40. The molecule has 0 radical (unpaired) electrons. The molecule has 0 unspecified atom stereocenters. The molecule has 3 heteroatoms. The van der Waals surface area contributed by atoms with E-state index in [0.29, 0.717) is 6.54 Å². The van der Waals surface area contributed by atoms with Gasteiger partial charge in [0.05, 0.1) is 0 Å². The number of rotatable bonds is 2. The maximum Gasteiger partial charge on any atom is 0.0340 e. The fourth-order valence-corrected chi connectivity index (χ4v) is 0.304. The van der Waals surface area contributed by atoms with E-state index in [9.17, 15) is 0 Å². The summed E-state index contributed by atoms with van der Waals surface area (Å²) in [6.45, 7) is 4.18. The molecule has 0 rings (SSSR count). The van der Waals surface area contributed by atoms with Gasteiger partial charge in [-0.25, -0.2) is 0 Å². The van der Waals surface area contributed by atoms with Crippen LogP contribution in [-0.4, -0.2) is 18.1 Å². The average Bonchev–Trinajstić information content (AvgIpc) is 1.62. The van der Waals surface area contributed by atoms with E-state index in [4.69, 9.17) is 17.2 Å². The van der Waals surface area contributed by atoms with Crippen LogP contribution in [0.15, 0.2) is 0 Å². The highest BCUT2D eigenvalue weighted by Crippen LogP contribution is 1.98. The largest absolute Gasteiger partial charge is 0.329 e. The van der Waals surface area contributed by atoms with Crippen molar-refractivity contribution in [3.8, 4) is 0 Å². The van der Waals surface area contributed by atoms with E-state index in [1.54, 1.807) is 0 Å². The lowest BCUT2D eigenvalue weighted by Crippen LogP contribution is -2.54. The van der Waals surface area contributed by atoms with E-state index >= 15 is 0 Å². The standard InChI is InChI=1S/C5H15N3/c1-5(2,8)4(7)3-6/h4H,3,6-8H2,1-2H3/t4-/m0/s1. The number of nitrogens with two attached hydrogens (primary N) is 3. The molecule has 0 aromatic carbocycles. The summed E-state index contributed by atoms with van der Waals surface area (Å²) < 4.78 is 0. The van der Waals surface area contributed by atoms with E-state index in [-0.39, 0.29) is 11.6 Å². The van der Waals surface area contributed by atoms with Crippen LogP contribution in [0.4, 0.5) is 0 Å². The highest BCUT2D eigenvalue weighted by molar-refractivity contribution is 4.85. The first-order valence-corrected chi connectivity index (χ1v) is 2.73. The zero-order chi connectivity index (χ0) is 6.78. The van der Waals surface area contributed by atoms with Gasteiger partial charge in [0.1, 0.15) is 0 Å². The van der Waals surface area contributed by atoms with Crippen molar-refractivity contribution in [2.75, 3.05) is 6.54 Å². The molecule has 0 aromatic heterocycles. The van der Waals surface area contributed by atoms with Crippen LogP contribution in [0.3, 0.4) is 0 Å². The maximum atomic E-state index is 5.58. The lowest BCUT2D eigenvalue weighted by molar-refractivity contribution is 0.415. The molecule has 0 heterocycles. The summed E-state index contributed by atoms with van der Waals surface area (Å²) in [6, 6.07) is -0.0949. The second-order valence-electron chi connectivity index (χ2n) is 2.66. The molecule has 0 saturated heterocycles. The highest BCUT2D eigenvalue weighted by Gasteiger charge is 2.18. The Labute approximate surface area is 50.2 Å². The second kappa shape index (κ2) is 2.44. The van der Waals surface area contributed by atoms with Crippen molar-refractivity contribution < 1.29 is 0 Å². The monoisotopic (exact) mass is 117 g/mol. The predicted octanol–water partition coefficient (Wildman–Crippen LogP) is -0.990. The normalized spacial score (nSPS) is 16.1. The van der Waals surface area contributed by atoms with Crippen LogP contribution in [0.5, 0.6) is 0 Å². The van der Waals surface area contributed by atoms with Crippen LogP contribution in [0.25, 0.3) is 0 Å². The summed E-state index contributed by atoms with van der Waals surface area (Å²) in [5.74, 6) is 0. The molecular weight excluding hydrogens is 102 g/mol. The van der Waals surface area contributed by atoms with Crippen molar-refractivity contribution in [2.24, 2.45) is 17.2 Å². The Bertz CT molecular complexity index is 64.6. The Hall–Kier alpha value is -0.120. The van der Waals surface area contributed by atoms with Crippen molar-refractivity contribution in [1.82, 2.24) is 0 Å². The first-order valence-electron chi connectivity index (χ1n) is 2.73. The number of hydrogen-bond donors (Lipinski definition) is 3. The first kappa shape index (κ1) is 7.88. The maximum absolute atomic E-state index is 5.58. The SMILES string of the molecule is CC(C)(N)[C@@H](N)CN. The van der Waals surface area contributed by atoms with Crippen LogP contribution >= 0.6 is 0 Å². The van der Waals surface area contributed by atoms with Crippen molar-refractivity contribution in [3.63, 3.8) is 0 Å². The Morgan fingerprint density at radius 3 is 1.88 bits per heavy atom. The molecule has 0 aliphatic carbocycles. The summed E-state index contributed by atoms with van der Waals surface area (Å²) >= 11 is 0. The minimum Gasteiger partial charge on any atom is -0.329 e. The molecule has 0 aliphatic rings. The van der Waals surface area contributed by atoms with Gasteiger partial charge in [0.15, 0.2) is 0 Å². The second-order valence-corrected chi connectivity index (χ2v) is 2.66. The molecule has 1 atom stereocenters. The molecule has 0 spiro atoms. The van der Waals surface area contributed by atoms with Gasteiger partial charge in [0, 0.05) is 18.1 Å². The summed E-state index contributed by atoms with van der Waals surface area (Å²) in [4.78, 5) is 0. The molecule has 8 heavy (non-hydrogen) atoms. The van der Waals surface area contributed by atoms with Crippen molar-refractivity contribution in [1.29, 1.82) is 0 Å². The van der Waals surface area contributed by atoms with Gasteiger partial charge in [-0.15, -0.1) is 0 Å². The van der Waals surface area contributed by atoms with E-state index in [1.165, 1.54) is 0 Å². The lowest BCUT2D eigenvalue weighted by Gasteiger charge is -2.25. The van der Waals surface area contributed by atoms with Gasteiger partial charge in [0.2, 0.25) is 0 Å². The van der Waals surface area contributed by atoms with E-state index < -0.39 is 0 Å². The minimum atomic E-state index is -0.339. The summed E-state index contributed by atoms with van der Waals surface area (Å²) in [5.41, 5.74) is 16.0. The topological polar surface area (TPSA) is 78.1 Å². The third kappa shape index (κ3) is 2.26. The van der Waals surface area contributed by atoms with Crippen LogP contribution in [0, 0.1) is 0 Å². The van der Waals surface area contributed by atoms with Gasteiger partial charge in [-0.2, -0.15) is 0 Å². The van der Waals surface area contributed by atoms with Gasteiger partial charge < -0.3 is 17.2 Å². The zero-order valence-corrected chi connectivity index (χ0v) is 5.52. The van der Waals surface area contributed by atoms with Gasteiger partial charge in [0.25, 0.3) is 0 Å². The van der Waals surface area contributed by atoms with E-state index in [2.05, 4.69) is 0 Å². The Morgan fingerprint density at radius 1 is 1.50 bits per heavy atom. The van der Waals surface area contributed by atoms with Gasteiger partial charge in [-0.05, 0) is 13.8 Å². The Balaban J connectivity index is 3.62. The van der Waals surface area contributed by atoms with Crippen LogP contribution in [0.2, 0.25) is 0 Å². The summed E-state index contributed by atoms with van der Waals surface area (Å²) in [6.07, 6.45) is 0. The van der Waals surface area contributed by atoms with Crippen LogP contribution in [-0.2, 0) is 0 Å². The third-order valence-corrected chi connectivity index (χ3v) is 1.21. The molecule has 50 valence electrons. The molecule has 0 saturated carbocycles.